The maximum absolute atomic E-state index is 4.52. The van der Waals surface area contributed by atoms with E-state index in [0.717, 1.165) is 11.4 Å². The summed E-state index contributed by atoms with van der Waals surface area (Å²) >= 11 is 0. The van der Waals surface area contributed by atoms with Crippen LogP contribution in [0.15, 0.2) is 36.7 Å². The number of hydrogen-bond donors (Lipinski definition) is 0. The number of pyridine rings is 2. The molecule has 0 radical (unpaired) electrons. The van der Waals surface area contributed by atoms with Gasteiger partial charge in [0.1, 0.15) is 0 Å². The van der Waals surface area contributed by atoms with Crippen molar-refractivity contribution in [2.75, 3.05) is 0 Å². The van der Waals surface area contributed by atoms with Crippen LogP contribution in [0.4, 0.5) is 0 Å². The highest BCUT2D eigenvalue weighted by Gasteiger charge is 2.14. The lowest BCUT2D eigenvalue weighted by Crippen LogP contribution is -2.23. The van der Waals surface area contributed by atoms with Crippen molar-refractivity contribution in [2.24, 2.45) is 0 Å². The van der Waals surface area contributed by atoms with Crippen molar-refractivity contribution in [1.29, 1.82) is 0 Å². The minimum absolute atomic E-state index is 0.945. The van der Waals surface area contributed by atoms with E-state index in [4.69, 9.17) is 0 Å². The molecule has 0 atom stereocenters. The Labute approximate surface area is 110 Å². The predicted molar refractivity (Wildman–Crippen MR) is 79.3 cm³/mol. The molecule has 0 spiro atoms. The Morgan fingerprint density at radius 1 is 0.889 bits per heavy atom. The third-order valence-corrected chi connectivity index (χ3v) is 4.20. The Bertz CT molecular complexity index is 510. The molecule has 0 saturated carbocycles. The monoisotopic (exact) mass is 256 g/mol. The second kappa shape index (κ2) is 5.02. The molecule has 0 amide bonds. The van der Waals surface area contributed by atoms with Gasteiger partial charge in [0.25, 0.3) is 0 Å². The van der Waals surface area contributed by atoms with Gasteiger partial charge in [-0.05, 0) is 36.2 Å². The Hall–Kier alpha value is -1.48. The van der Waals surface area contributed by atoms with Gasteiger partial charge in [-0.25, -0.2) is 0 Å². The van der Waals surface area contributed by atoms with Crippen molar-refractivity contribution in [3.8, 4) is 11.4 Å². The van der Waals surface area contributed by atoms with Crippen LogP contribution in [0, 0.1) is 6.92 Å². The van der Waals surface area contributed by atoms with Crippen LogP contribution in [0.2, 0.25) is 19.6 Å². The van der Waals surface area contributed by atoms with Crippen LogP contribution < -0.4 is 0 Å². The first-order chi connectivity index (χ1) is 8.44. The highest BCUT2D eigenvalue weighted by Crippen LogP contribution is 2.16. The van der Waals surface area contributed by atoms with E-state index in [9.17, 15) is 0 Å². The van der Waals surface area contributed by atoms with Gasteiger partial charge in [0.2, 0.25) is 0 Å². The van der Waals surface area contributed by atoms with Crippen LogP contribution in [-0.2, 0) is 6.04 Å². The lowest BCUT2D eigenvalue weighted by Gasteiger charge is -2.15. The summed E-state index contributed by atoms with van der Waals surface area (Å²) in [5.74, 6) is 0. The summed E-state index contributed by atoms with van der Waals surface area (Å²) in [6, 6.07) is 9.53. The lowest BCUT2D eigenvalue weighted by molar-refractivity contribution is 1.18. The first kappa shape index (κ1) is 13.0. The number of rotatable bonds is 3. The molecule has 0 bridgehead atoms. The van der Waals surface area contributed by atoms with E-state index in [1.165, 1.54) is 17.2 Å². The maximum atomic E-state index is 4.52. The molecule has 0 aromatic carbocycles. The first-order valence-corrected chi connectivity index (χ1v) is 10.0. The molecule has 2 rings (SSSR count). The van der Waals surface area contributed by atoms with Crippen LogP contribution >= 0.6 is 0 Å². The Balaban J connectivity index is 2.20. The highest BCUT2D eigenvalue weighted by atomic mass is 28.3. The molecule has 0 aliphatic carbocycles. The van der Waals surface area contributed by atoms with Crippen LogP contribution in [0.25, 0.3) is 11.4 Å². The molecular formula is C15H20N2Si. The van der Waals surface area contributed by atoms with E-state index < -0.39 is 8.07 Å². The third-order valence-electron chi connectivity index (χ3n) is 2.73. The summed E-state index contributed by atoms with van der Waals surface area (Å²) < 4.78 is 0. The quantitative estimate of drug-likeness (QED) is 0.779. The molecule has 0 fully saturated rings. The van der Waals surface area contributed by atoms with E-state index in [1.54, 1.807) is 0 Å². The van der Waals surface area contributed by atoms with Gasteiger partial charge in [-0.15, -0.1) is 0 Å². The SMILES string of the molecule is Cc1ccc(-c2ccc(C[Si](C)(C)C)cn2)nc1. The average molecular weight is 256 g/mol. The van der Waals surface area contributed by atoms with E-state index in [2.05, 4.69) is 47.8 Å². The van der Waals surface area contributed by atoms with E-state index in [1.807, 2.05) is 25.4 Å². The normalized spacial score (nSPS) is 11.6. The lowest BCUT2D eigenvalue weighted by atomic mass is 10.2. The van der Waals surface area contributed by atoms with Crippen LogP contribution in [0.1, 0.15) is 11.1 Å². The van der Waals surface area contributed by atoms with E-state index in [0.29, 0.717) is 0 Å². The second-order valence-corrected chi connectivity index (χ2v) is 11.5. The largest absolute Gasteiger partial charge is 0.254 e. The van der Waals surface area contributed by atoms with Gasteiger partial charge in [0.05, 0.1) is 11.4 Å². The van der Waals surface area contributed by atoms with Gasteiger partial charge in [-0.3, -0.25) is 9.97 Å². The van der Waals surface area contributed by atoms with Gasteiger partial charge >= 0.3 is 0 Å². The second-order valence-electron chi connectivity index (χ2n) is 6.01. The predicted octanol–water partition coefficient (Wildman–Crippen LogP) is 3.87. The van der Waals surface area contributed by atoms with Gasteiger partial charge < -0.3 is 0 Å². The molecule has 0 aliphatic rings. The van der Waals surface area contributed by atoms with E-state index >= 15 is 0 Å². The minimum Gasteiger partial charge on any atom is -0.254 e. The van der Waals surface area contributed by atoms with Crippen molar-refractivity contribution >= 4 is 8.07 Å². The number of aryl methyl sites for hydroxylation is 1. The summed E-state index contributed by atoms with van der Waals surface area (Å²) in [5.41, 5.74) is 4.41. The van der Waals surface area contributed by atoms with Crippen molar-refractivity contribution in [3.63, 3.8) is 0 Å². The van der Waals surface area contributed by atoms with Crippen molar-refractivity contribution in [1.82, 2.24) is 9.97 Å². The maximum Gasteiger partial charge on any atom is 0.0886 e. The zero-order chi connectivity index (χ0) is 13.2. The summed E-state index contributed by atoms with van der Waals surface area (Å²) in [6.07, 6.45) is 3.88. The van der Waals surface area contributed by atoms with Gasteiger partial charge in [0, 0.05) is 20.5 Å². The number of nitrogens with zero attached hydrogens (tertiary/aromatic N) is 2. The Morgan fingerprint density at radius 2 is 1.50 bits per heavy atom. The van der Waals surface area contributed by atoms with Crippen LogP contribution in [0.3, 0.4) is 0 Å². The molecular weight excluding hydrogens is 236 g/mol. The van der Waals surface area contributed by atoms with Gasteiger partial charge in [-0.1, -0.05) is 31.8 Å². The molecule has 3 heteroatoms. The molecule has 0 unspecified atom stereocenters. The Morgan fingerprint density at radius 3 is 1.94 bits per heavy atom. The summed E-state index contributed by atoms with van der Waals surface area (Å²) in [5, 5.41) is 0. The Kier molecular flexibility index (Phi) is 3.62. The molecule has 2 heterocycles. The minimum atomic E-state index is -1.06. The molecule has 2 nitrogen and oxygen atoms in total. The fourth-order valence-electron chi connectivity index (χ4n) is 1.91. The summed E-state index contributed by atoms with van der Waals surface area (Å²) in [6.45, 7) is 9.18. The number of hydrogen-bond acceptors (Lipinski definition) is 2. The number of aromatic nitrogens is 2. The molecule has 18 heavy (non-hydrogen) atoms. The van der Waals surface area contributed by atoms with Gasteiger partial charge in [-0.2, -0.15) is 0 Å². The van der Waals surface area contributed by atoms with Crippen LogP contribution in [-0.4, -0.2) is 18.0 Å². The van der Waals surface area contributed by atoms with Gasteiger partial charge in [0.15, 0.2) is 0 Å². The van der Waals surface area contributed by atoms with Crippen molar-refractivity contribution in [2.45, 2.75) is 32.6 Å². The molecule has 94 valence electrons. The fraction of sp³-hybridized carbons (Fsp3) is 0.333. The molecule has 0 N–H and O–H groups in total. The van der Waals surface area contributed by atoms with Crippen molar-refractivity contribution in [3.05, 3.63) is 47.8 Å². The van der Waals surface area contributed by atoms with E-state index in [-0.39, 0.29) is 0 Å². The standard InChI is InChI=1S/C15H20N2Si/c1-12-5-7-14(16-9-12)15-8-6-13(10-17-15)11-18(2,3)4/h5-10H,11H2,1-4H3. The average Bonchev–Trinajstić information content (AvgIpc) is 2.29. The molecule has 2 aromatic rings. The third kappa shape index (κ3) is 3.50. The molecule has 2 aromatic heterocycles. The van der Waals surface area contributed by atoms with Crippen molar-refractivity contribution < 1.29 is 0 Å². The zero-order valence-electron chi connectivity index (χ0n) is 11.6. The zero-order valence-corrected chi connectivity index (χ0v) is 12.6. The molecule has 0 aliphatic heterocycles. The topological polar surface area (TPSA) is 25.8 Å². The fourth-order valence-corrected chi connectivity index (χ4v) is 3.35. The summed E-state index contributed by atoms with van der Waals surface area (Å²) in [4.78, 5) is 8.92. The molecule has 0 saturated heterocycles. The smallest absolute Gasteiger partial charge is 0.0886 e. The van der Waals surface area contributed by atoms with Crippen LogP contribution in [0.5, 0.6) is 0 Å². The summed E-state index contributed by atoms with van der Waals surface area (Å²) in [7, 11) is -1.06. The first-order valence-electron chi connectivity index (χ1n) is 6.32. The highest BCUT2D eigenvalue weighted by molar-refractivity contribution is 6.75.